The van der Waals surface area contributed by atoms with Crippen molar-refractivity contribution >= 4 is 38.4 Å². The van der Waals surface area contributed by atoms with Gasteiger partial charge in [-0.3, -0.25) is 4.98 Å². The van der Waals surface area contributed by atoms with Gasteiger partial charge in [0.25, 0.3) is 0 Å². The van der Waals surface area contributed by atoms with E-state index in [0.717, 1.165) is 21.1 Å². The van der Waals surface area contributed by atoms with Gasteiger partial charge in [-0.05, 0) is 12.1 Å². The Kier molecular flexibility index (Phi) is 2.26. The van der Waals surface area contributed by atoms with Gasteiger partial charge in [0, 0.05) is 11.6 Å². The van der Waals surface area contributed by atoms with E-state index in [-0.39, 0.29) is 0 Å². The monoisotopic (exact) mass is 244 g/mol. The number of fused-ring (bicyclic) bond motifs is 3. The number of thiazole rings is 1. The van der Waals surface area contributed by atoms with Crippen molar-refractivity contribution in [1.82, 2.24) is 9.97 Å². The molecule has 3 rings (SSSR count). The predicted octanol–water partition coefficient (Wildman–Crippen LogP) is 2.63. The molecule has 0 aliphatic heterocycles. The number of pyridine rings is 1. The normalized spacial score (nSPS) is 10.9. The molecule has 84 valence electrons. The minimum atomic E-state index is -0.407. The van der Waals surface area contributed by atoms with Gasteiger partial charge >= 0.3 is 5.97 Å². The van der Waals surface area contributed by atoms with Gasteiger partial charge < -0.3 is 4.74 Å². The van der Waals surface area contributed by atoms with Crippen molar-refractivity contribution in [3.8, 4) is 0 Å². The van der Waals surface area contributed by atoms with Crippen LogP contribution in [-0.2, 0) is 4.74 Å². The molecule has 0 amide bonds. The zero-order valence-electron chi connectivity index (χ0n) is 9.01. The topological polar surface area (TPSA) is 52.1 Å². The molecule has 0 aliphatic rings. The molecule has 5 heteroatoms. The Morgan fingerprint density at radius 3 is 3.00 bits per heavy atom. The average molecular weight is 244 g/mol. The van der Waals surface area contributed by atoms with Gasteiger partial charge in [-0.1, -0.05) is 12.1 Å². The molecule has 0 fully saturated rings. The number of nitrogens with zero attached hydrogens (tertiary/aromatic N) is 2. The third-order valence-corrected chi connectivity index (χ3v) is 3.49. The second-order valence-corrected chi connectivity index (χ2v) is 4.53. The maximum atomic E-state index is 11.4. The van der Waals surface area contributed by atoms with Crippen molar-refractivity contribution in [2.75, 3.05) is 7.11 Å². The van der Waals surface area contributed by atoms with E-state index in [0.29, 0.717) is 5.01 Å². The van der Waals surface area contributed by atoms with Crippen LogP contribution < -0.4 is 0 Å². The van der Waals surface area contributed by atoms with Crippen LogP contribution in [0.1, 0.15) is 9.80 Å². The molecule has 0 N–H and O–H groups in total. The Balaban J connectivity index is 2.35. The molecule has 4 nitrogen and oxygen atoms in total. The van der Waals surface area contributed by atoms with Crippen molar-refractivity contribution in [1.29, 1.82) is 0 Å². The third-order valence-electron chi connectivity index (χ3n) is 2.49. The average Bonchev–Trinajstić information content (AvgIpc) is 2.82. The first kappa shape index (κ1) is 10.2. The van der Waals surface area contributed by atoms with Gasteiger partial charge in [0.05, 0.1) is 17.3 Å². The summed E-state index contributed by atoms with van der Waals surface area (Å²) in [7, 11) is 1.35. The molecule has 0 atom stereocenters. The molecule has 2 aromatic heterocycles. The number of benzene rings is 1. The molecule has 1 aromatic carbocycles. The molecule has 2 heterocycles. The van der Waals surface area contributed by atoms with Crippen molar-refractivity contribution < 1.29 is 9.53 Å². The van der Waals surface area contributed by atoms with Crippen LogP contribution in [0.3, 0.4) is 0 Å². The molecule has 3 aromatic rings. The molecule has 0 saturated carbocycles. The summed E-state index contributed by atoms with van der Waals surface area (Å²) in [6, 6.07) is 7.77. The fraction of sp³-hybridized carbons (Fsp3) is 0.0833. The highest BCUT2D eigenvalue weighted by Crippen LogP contribution is 2.28. The van der Waals surface area contributed by atoms with Crippen molar-refractivity contribution in [3.63, 3.8) is 0 Å². The smallest absolute Gasteiger partial charge is 0.367 e. The number of methoxy groups -OCH3 is 1. The van der Waals surface area contributed by atoms with E-state index in [9.17, 15) is 4.79 Å². The summed E-state index contributed by atoms with van der Waals surface area (Å²) >= 11 is 1.32. The minimum Gasteiger partial charge on any atom is -0.464 e. The van der Waals surface area contributed by atoms with E-state index < -0.39 is 5.97 Å². The van der Waals surface area contributed by atoms with Crippen LogP contribution in [0.15, 0.2) is 30.5 Å². The number of ether oxygens (including phenoxy) is 1. The summed E-state index contributed by atoms with van der Waals surface area (Å²) in [6.45, 7) is 0. The van der Waals surface area contributed by atoms with Crippen molar-refractivity contribution in [2.24, 2.45) is 0 Å². The summed E-state index contributed by atoms with van der Waals surface area (Å²) in [5.74, 6) is -0.407. The summed E-state index contributed by atoms with van der Waals surface area (Å²) in [5, 5.41) is 1.38. The van der Waals surface area contributed by atoms with Crippen LogP contribution in [0.25, 0.3) is 21.1 Å². The number of hydrogen-bond donors (Lipinski definition) is 0. The van der Waals surface area contributed by atoms with E-state index in [4.69, 9.17) is 0 Å². The standard InChI is InChI=1S/C12H8N2O2S/c1-16-12(15)11-14-10-8(17-11)5-4-7-3-2-6-13-9(7)10/h2-6H,1H3. The molecule has 0 unspecified atom stereocenters. The third kappa shape index (κ3) is 1.55. The zero-order valence-corrected chi connectivity index (χ0v) is 9.82. The number of rotatable bonds is 1. The minimum absolute atomic E-state index is 0.362. The summed E-state index contributed by atoms with van der Waals surface area (Å²) in [4.78, 5) is 20.0. The lowest BCUT2D eigenvalue weighted by Gasteiger charge is -1.95. The van der Waals surface area contributed by atoms with Crippen molar-refractivity contribution in [2.45, 2.75) is 0 Å². The number of carbonyl (C=O) groups is 1. The van der Waals surface area contributed by atoms with Crippen LogP contribution in [-0.4, -0.2) is 23.0 Å². The maximum Gasteiger partial charge on any atom is 0.367 e. The second-order valence-electron chi connectivity index (χ2n) is 3.50. The lowest BCUT2D eigenvalue weighted by molar-refractivity contribution is 0.0600. The molecule has 0 aliphatic carbocycles. The first-order valence-electron chi connectivity index (χ1n) is 5.02. The van der Waals surface area contributed by atoms with Crippen molar-refractivity contribution in [3.05, 3.63) is 35.5 Å². The van der Waals surface area contributed by atoms with Crippen LogP contribution in [0.5, 0.6) is 0 Å². The molecule has 0 radical (unpaired) electrons. The first-order chi connectivity index (χ1) is 8.29. The summed E-state index contributed by atoms with van der Waals surface area (Å²) in [5.41, 5.74) is 1.57. The predicted molar refractivity (Wildman–Crippen MR) is 66.3 cm³/mol. The van der Waals surface area contributed by atoms with Crippen LogP contribution in [0.4, 0.5) is 0 Å². The van der Waals surface area contributed by atoms with Crippen LogP contribution in [0.2, 0.25) is 0 Å². The van der Waals surface area contributed by atoms with Gasteiger partial charge in [0.15, 0.2) is 0 Å². The van der Waals surface area contributed by atoms with E-state index in [1.807, 2.05) is 24.3 Å². The van der Waals surface area contributed by atoms with E-state index in [1.165, 1.54) is 18.4 Å². The molecule has 0 bridgehead atoms. The Labute approximate surface area is 101 Å². The lowest BCUT2D eigenvalue weighted by Crippen LogP contribution is -1.99. The van der Waals surface area contributed by atoms with Gasteiger partial charge in [-0.25, -0.2) is 9.78 Å². The quantitative estimate of drug-likeness (QED) is 0.617. The SMILES string of the molecule is COC(=O)c1nc2c(ccc3cccnc32)s1. The molecule has 0 saturated heterocycles. The number of hydrogen-bond acceptors (Lipinski definition) is 5. The zero-order chi connectivity index (χ0) is 11.8. The fourth-order valence-electron chi connectivity index (χ4n) is 1.70. The summed E-state index contributed by atoms with van der Waals surface area (Å²) < 4.78 is 5.61. The molecular weight excluding hydrogens is 236 g/mol. The van der Waals surface area contributed by atoms with Gasteiger partial charge in [0.2, 0.25) is 5.01 Å². The van der Waals surface area contributed by atoms with E-state index in [1.54, 1.807) is 6.20 Å². The number of carbonyl (C=O) groups excluding carboxylic acids is 1. The maximum absolute atomic E-state index is 11.4. The fourth-order valence-corrected chi connectivity index (χ4v) is 2.59. The lowest BCUT2D eigenvalue weighted by atomic mass is 10.2. The number of aromatic nitrogens is 2. The Morgan fingerprint density at radius 1 is 1.29 bits per heavy atom. The highest BCUT2D eigenvalue weighted by Gasteiger charge is 2.14. The van der Waals surface area contributed by atoms with E-state index in [2.05, 4.69) is 14.7 Å². The summed E-state index contributed by atoms with van der Waals surface area (Å²) in [6.07, 6.45) is 1.72. The molecule has 0 spiro atoms. The number of esters is 1. The molecule has 17 heavy (non-hydrogen) atoms. The van der Waals surface area contributed by atoms with E-state index >= 15 is 0 Å². The van der Waals surface area contributed by atoms with Gasteiger partial charge in [-0.2, -0.15) is 0 Å². The Hall–Kier alpha value is -2.01. The first-order valence-corrected chi connectivity index (χ1v) is 5.84. The Bertz CT molecular complexity index is 721. The Morgan fingerprint density at radius 2 is 2.18 bits per heavy atom. The van der Waals surface area contributed by atoms with Gasteiger partial charge in [0.1, 0.15) is 5.52 Å². The van der Waals surface area contributed by atoms with Crippen LogP contribution >= 0.6 is 11.3 Å². The molecular formula is C12H8N2O2S. The highest BCUT2D eigenvalue weighted by molar-refractivity contribution is 7.20. The second kappa shape index (κ2) is 3.78. The highest BCUT2D eigenvalue weighted by atomic mass is 32.1. The van der Waals surface area contributed by atoms with Gasteiger partial charge in [-0.15, -0.1) is 11.3 Å². The van der Waals surface area contributed by atoms with Crippen LogP contribution in [0, 0.1) is 0 Å². The largest absolute Gasteiger partial charge is 0.464 e.